The molecule has 312 valence electrons. The van der Waals surface area contributed by atoms with E-state index in [1.54, 1.807) is 27.7 Å². The van der Waals surface area contributed by atoms with E-state index in [-0.39, 0.29) is 71.2 Å². The van der Waals surface area contributed by atoms with Crippen LogP contribution in [0.3, 0.4) is 0 Å². The average molecular weight is 811 g/mol. The van der Waals surface area contributed by atoms with E-state index in [1.165, 1.54) is 85.2 Å². The highest BCUT2D eigenvalue weighted by molar-refractivity contribution is 5.97. The minimum atomic E-state index is -1.25. The maximum Gasteiger partial charge on any atom is 0.335 e. The smallest absolute Gasteiger partial charge is 0.335 e. The van der Waals surface area contributed by atoms with Crippen LogP contribution in [0.15, 0.2) is 94.9 Å². The Morgan fingerprint density at radius 2 is 0.569 bits per heavy atom. The van der Waals surface area contributed by atoms with Gasteiger partial charge < -0.3 is 51.1 Å². The number of nitrogens with zero attached hydrogens (tertiary/aromatic N) is 2. The van der Waals surface area contributed by atoms with Crippen LogP contribution < -0.4 is 0 Å². The van der Waals surface area contributed by atoms with E-state index in [1.807, 2.05) is 0 Å². The molecule has 10 N–H and O–H groups in total. The summed E-state index contributed by atoms with van der Waals surface area (Å²) in [5, 5.41) is 83.8. The molecular weight excluding hydrogens is 764 g/mol. The monoisotopic (exact) mass is 810 g/mol. The Labute approximate surface area is 332 Å². The molecule has 58 heavy (non-hydrogen) atoms. The van der Waals surface area contributed by atoms with E-state index in [9.17, 15) is 28.8 Å². The van der Waals surface area contributed by atoms with Crippen molar-refractivity contribution in [2.75, 3.05) is 26.4 Å². The summed E-state index contributed by atoms with van der Waals surface area (Å²) in [6, 6.07) is 18.8. The van der Waals surface area contributed by atoms with Gasteiger partial charge in [-0.25, -0.2) is 28.8 Å². The first-order valence-electron chi connectivity index (χ1n) is 16.8. The van der Waals surface area contributed by atoms with Crippen molar-refractivity contribution in [1.82, 2.24) is 0 Å². The molecule has 0 aromatic heterocycles. The Kier molecular flexibility index (Phi) is 27.5. The first-order valence-corrected chi connectivity index (χ1v) is 16.8. The molecule has 0 bridgehead atoms. The molecule has 18 heteroatoms. The van der Waals surface area contributed by atoms with Crippen LogP contribution in [0.2, 0.25) is 0 Å². The number of carboxylic acid groups (broad SMARTS) is 6. The van der Waals surface area contributed by atoms with Crippen molar-refractivity contribution >= 4 is 59.6 Å². The number of benzene rings is 4. The van der Waals surface area contributed by atoms with Crippen molar-refractivity contribution in [1.29, 1.82) is 0 Å². The third kappa shape index (κ3) is 22.3. The Morgan fingerprint density at radius 3 is 0.741 bits per heavy atom. The van der Waals surface area contributed by atoms with Crippen molar-refractivity contribution in [3.8, 4) is 0 Å². The highest BCUT2D eigenvalue weighted by Gasteiger charge is 2.12. The lowest BCUT2D eigenvalue weighted by atomic mass is 10.1. The van der Waals surface area contributed by atoms with E-state index in [0.29, 0.717) is 11.1 Å². The van der Waals surface area contributed by atoms with Gasteiger partial charge in [-0.2, -0.15) is 0 Å². The minimum absolute atomic E-state index is 0.128. The van der Waals surface area contributed by atoms with Crippen LogP contribution >= 0.6 is 0 Å². The summed E-state index contributed by atoms with van der Waals surface area (Å²) in [5.41, 5.74) is 1.05. The number of aromatic carboxylic acids is 6. The normalized spacial score (nSPS) is 9.66. The number of hydrogen-bond donors (Lipinski definition) is 10. The highest BCUT2D eigenvalue weighted by atomic mass is 16.4. The van der Waals surface area contributed by atoms with Gasteiger partial charge in [-0.1, -0.05) is 24.3 Å². The number of aliphatic hydroxyl groups excluding tert-OH is 4. The standard InChI is InChI=1S/2C16H11NO6.4C2H6O/c2*18-14(19)10-3-1-9(2-4-10)8-17-13-6-11(15(20)21)5-12(7-13)16(22)23;4*1-2-3/h2*1-8H,(H,18,19)(H,20,21)(H,22,23);4*3H,2H2,1H3. The summed E-state index contributed by atoms with van der Waals surface area (Å²) >= 11 is 0. The van der Waals surface area contributed by atoms with Gasteiger partial charge in [0.15, 0.2) is 0 Å². The molecule has 0 saturated carbocycles. The second kappa shape index (κ2) is 30.1. The SMILES string of the molecule is CCO.CCO.CCO.CCO.O=C(O)c1ccc(C=Nc2cc(C(=O)O)cc(C(=O)O)c2)cc1.O=C(O)c1ccc(C=Nc2cc(C(=O)O)cc(C(=O)O)c2)cc1. The molecule has 18 nitrogen and oxygen atoms in total. The Morgan fingerprint density at radius 1 is 0.379 bits per heavy atom. The number of aliphatic imine (C=N–C) groups is 2. The van der Waals surface area contributed by atoms with Gasteiger partial charge in [-0.15, -0.1) is 0 Å². The molecule has 0 aliphatic heterocycles. The fraction of sp³-hybridized carbons (Fsp3) is 0.200. The van der Waals surface area contributed by atoms with Gasteiger partial charge in [0, 0.05) is 38.9 Å². The maximum atomic E-state index is 11.0. The third-order valence-corrected chi connectivity index (χ3v) is 5.86. The fourth-order valence-corrected chi connectivity index (χ4v) is 3.59. The highest BCUT2D eigenvalue weighted by Crippen LogP contribution is 2.20. The summed E-state index contributed by atoms with van der Waals surface area (Å²) in [6.07, 6.45) is 2.77. The van der Waals surface area contributed by atoms with E-state index in [2.05, 4.69) is 9.98 Å². The van der Waals surface area contributed by atoms with Crippen molar-refractivity contribution in [2.45, 2.75) is 27.7 Å². The predicted octanol–water partition coefficient (Wildman–Crippen LogP) is 5.06. The van der Waals surface area contributed by atoms with Crippen LogP contribution in [0.5, 0.6) is 0 Å². The summed E-state index contributed by atoms with van der Waals surface area (Å²) in [7, 11) is 0. The Hall–Kier alpha value is -7.12. The molecule has 0 amide bonds. The second-order valence-corrected chi connectivity index (χ2v) is 10.4. The van der Waals surface area contributed by atoms with Crippen molar-refractivity contribution < 1.29 is 79.8 Å². The molecule has 0 fully saturated rings. The molecular formula is C40H46N2O16. The quantitative estimate of drug-likeness (QED) is 0.0936. The van der Waals surface area contributed by atoms with Gasteiger partial charge in [0.1, 0.15) is 0 Å². The molecule has 0 unspecified atom stereocenters. The van der Waals surface area contributed by atoms with Crippen LogP contribution in [-0.2, 0) is 0 Å². The molecule has 0 heterocycles. The van der Waals surface area contributed by atoms with Gasteiger partial charge in [0.2, 0.25) is 0 Å². The molecule has 0 aliphatic rings. The molecule has 4 aromatic rings. The largest absolute Gasteiger partial charge is 0.478 e. The Balaban J connectivity index is 0. The fourth-order valence-electron chi connectivity index (χ4n) is 3.59. The molecule has 0 atom stereocenters. The zero-order valence-corrected chi connectivity index (χ0v) is 31.9. The summed E-state index contributed by atoms with van der Waals surface area (Å²) < 4.78 is 0. The molecule has 0 radical (unpaired) electrons. The third-order valence-electron chi connectivity index (χ3n) is 5.86. The average Bonchev–Trinajstić information content (AvgIpc) is 3.17. The minimum Gasteiger partial charge on any atom is -0.478 e. The number of carboxylic acids is 6. The Bertz CT molecular complexity index is 1760. The number of rotatable bonds is 10. The van der Waals surface area contributed by atoms with Gasteiger partial charge >= 0.3 is 35.8 Å². The molecule has 4 aromatic carbocycles. The molecule has 0 aliphatic carbocycles. The van der Waals surface area contributed by atoms with Crippen LogP contribution in [-0.4, -0.2) is 126 Å². The zero-order chi connectivity index (χ0) is 44.8. The first kappa shape index (κ1) is 53.0. The molecule has 0 saturated heterocycles. The van der Waals surface area contributed by atoms with E-state index < -0.39 is 35.8 Å². The van der Waals surface area contributed by atoms with Crippen molar-refractivity contribution in [3.05, 3.63) is 129 Å². The van der Waals surface area contributed by atoms with Gasteiger partial charge in [0.25, 0.3) is 0 Å². The predicted molar refractivity (Wildman–Crippen MR) is 213 cm³/mol. The lowest BCUT2D eigenvalue weighted by molar-refractivity contribution is 0.0676. The second-order valence-electron chi connectivity index (χ2n) is 10.4. The number of carbonyl (C=O) groups is 6. The lowest BCUT2D eigenvalue weighted by Crippen LogP contribution is -2.01. The van der Waals surface area contributed by atoms with Gasteiger partial charge in [0.05, 0.1) is 44.8 Å². The van der Waals surface area contributed by atoms with Crippen LogP contribution in [0.1, 0.15) is 101 Å². The maximum absolute atomic E-state index is 11.0. The van der Waals surface area contributed by atoms with Gasteiger partial charge in [-0.05, 0) is 99.5 Å². The summed E-state index contributed by atoms with van der Waals surface area (Å²) in [6.45, 7) is 7.72. The molecule has 4 rings (SSSR count). The lowest BCUT2D eigenvalue weighted by Gasteiger charge is -2.01. The van der Waals surface area contributed by atoms with Crippen LogP contribution in [0.25, 0.3) is 0 Å². The van der Waals surface area contributed by atoms with Crippen LogP contribution in [0.4, 0.5) is 11.4 Å². The summed E-state index contributed by atoms with van der Waals surface area (Å²) in [5.74, 6) is -7.11. The van der Waals surface area contributed by atoms with Crippen molar-refractivity contribution in [3.63, 3.8) is 0 Å². The first-order chi connectivity index (χ1) is 27.4. The van der Waals surface area contributed by atoms with E-state index in [0.717, 1.165) is 12.1 Å². The van der Waals surface area contributed by atoms with E-state index in [4.69, 9.17) is 51.1 Å². The van der Waals surface area contributed by atoms with E-state index >= 15 is 0 Å². The van der Waals surface area contributed by atoms with Crippen molar-refractivity contribution in [2.24, 2.45) is 9.98 Å². The van der Waals surface area contributed by atoms with Crippen LogP contribution in [0, 0.1) is 0 Å². The van der Waals surface area contributed by atoms with Gasteiger partial charge in [-0.3, -0.25) is 9.98 Å². The number of hydrogen-bond acceptors (Lipinski definition) is 12. The molecule has 0 spiro atoms. The number of aliphatic hydroxyl groups is 4. The zero-order valence-electron chi connectivity index (χ0n) is 31.9. The summed E-state index contributed by atoms with van der Waals surface area (Å²) in [4.78, 5) is 73.6. The topological polar surface area (TPSA) is 329 Å².